The third kappa shape index (κ3) is 4.49. The van der Waals surface area contributed by atoms with E-state index in [9.17, 15) is 5.11 Å². The van der Waals surface area contributed by atoms with Crippen LogP contribution in [0, 0.1) is 0 Å². The summed E-state index contributed by atoms with van der Waals surface area (Å²) in [5.41, 5.74) is 1.59. The molecular weight excluding hydrogens is 212 g/mol. The van der Waals surface area contributed by atoms with Crippen molar-refractivity contribution in [3.8, 4) is 0 Å². The van der Waals surface area contributed by atoms with E-state index in [1.807, 2.05) is 0 Å². The molecule has 1 heterocycles. The summed E-state index contributed by atoms with van der Waals surface area (Å²) in [6, 6.07) is 0. The van der Waals surface area contributed by atoms with Crippen LogP contribution in [0.25, 0.3) is 0 Å². The highest BCUT2D eigenvalue weighted by Crippen LogP contribution is 2.30. The fourth-order valence-corrected chi connectivity index (χ4v) is 2.01. The second kappa shape index (κ2) is 5.65. The van der Waals surface area contributed by atoms with Gasteiger partial charge in [0.2, 0.25) is 0 Å². The van der Waals surface area contributed by atoms with E-state index < -0.39 is 5.60 Å². The van der Waals surface area contributed by atoms with E-state index in [0.717, 1.165) is 18.4 Å². The first kappa shape index (κ1) is 14.2. The van der Waals surface area contributed by atoms with Crippen molar-refractivity contribution in [2.75, 3.05) is 0 Å². The molecule has 0 amide bonds. The molecule has 0 spiro atoms. The van der Waals surface area contributed by atoms with Crippen LogP contribution in [-0.4, -0.2) is 22.9 Å². The summed E-state index contributed by atoms with van der Waals surface area (Å²) < 4.78 is 5.90. The average molecular weight is 236 g/mol. The maximum absolute atomic E-state index is 9.87. The molecule has 2 heteroatoms. The Morgan fingerprint density at radius 2 is 2.24 bits per heavy atom. The molecule has 1 N–H and O–H groups in total. The summed E-state index contributed by atoms with van der Waals surface area (Å²) >= 11 is 0. The summed E-state index contributed by atoms with van der Waals surface area (Å²) in [6.45, 7) is 13.6. The third-order valence-electron chi connectivity index (χ3n) is 3.13. The molecular formula is C15H24O2. The quantitative estimate of drug-likeness (QED) is 0.741. The minimum atomic E-state index is -0.807. The topological polar surface area (TPSA) is 29.5 Å². The molecule has 0 saturated carbocycles. The van der Waals surface area contributed by atoms with Gasteiger partial charge in [0.1, 0.15) is 0 Å². The maximum atomic E-state index is 9.87. The lowest BCUT2D eigenvalue weighted by Gasteiger charge is -2.21. The van der Waals surface area contributed by atoms with Gasteiger partial charge in [0, 0.05) is 6.42 Å². The van der Waals surface area contributed by atoms with Crippen LogP contribution in [0.1, 0.15) is 40.0 Å². The Balaban J connectivity index is 2.49. The number of aliphatic hydroxyl groups is 1. The van der Waals surface area contributed by atoms with Crippen molar-refractivity contribution in [3.05, 3.63) is 36.5 Å². The molecule has 1 saturated heterocycles. The van der Waals surface area contributed by atoms with E-state index in [4.69, 9.17) is 4.74 Å². The Labute approximate surface area is 105 Å². The largest absolute Gasteiger partial charge is 0.386 e. The molecule has 1 fully saturated rings. The Kier molecular flexibility index (Phi) is 4.72. The molecule has 0 aromatic heterocycles. The molecule has 96 valence electrons. The first-order chi connectivity index (χ1) is 7.84. The molecule has 2 nitrogen and oxygen atoms in total. The van der Waals surface area contributed by atoms with E-state index in [2.05, 4.69) is 33.1 Å². The number of rotatable bonds is 5. The van der Waals surface area contributed by atoms with E-state index in [-0.39, 0.29) is 12.2 Å². The lowest BCUT2D eigenvalue weighted by atomic mass is 9.95. The van der Waals surface area contributed by atoms with Gasteiger partial charge in [-0.1, -0.05) is 24.3 Å². The average Bonchev–Trinajstić information content (AvgIpc) is 2.55. The number of hydrogen-bond donors (Lipinski definition) is 1. The van der Waals surface area contributed by atoms with Gasteiger partial charge in [-0.05, 0) is 39.2 Å². The zero-order valence-electron chi connectivity index (χ0n) is 11.2. The third-order valence-corrected chi connectivity index (χ3v) is 3.13. The Bertz CT molecular complexity index is 322. The van der Waals surface area contributed by atoms with E-state index in [1.165, 1.54) is 5.57 Å². The Hall–Kier alpha value is -0.860. The van der Waals surface area contributed by atoms with Crippen LogP contribution < -0.4 is 0 Å². The highest BCUT2D eigenvalue weighted by Gasteiger charge is 2.29. The minimum absolute atomic E-state index is 0.0713. The Morgan fingerprint density at radius 1 is 1.59 bits per heavy atom. The minimum Gasteiger partial charge on any atom is -0.386 e. The summed E-state index contributed by atoms with van der Waals surface area (Å²) in [6.07, 6.45) is 6.29. The van der Waals surface area contributed by atoms with E-state index in [0.29, 0.717) is 6.42 Å². The summed E-state index contributed by atoms with van der Waals surface area (Å²) in [7, 11) is 0. The van der Waals surface area contributed by atoms with Crippen molar-refractivity contribution in [3.63, 3.8) is 0 Å². The van der Waals surface area contributed by atoms with Crippen LogP contribution in [0.3, 0.4) is 0 Å². The van der Waals surface area contributed by atoms with Gasteiger partial charge in [-0.15, -0.1) is 6.58 Å². The molecule has 3 atom stereocenters. The number of ether oxygens (including phenoxy) is 1. The monoisotopic (exact) mass is 236 g/mol. The van der Waals surface area contributed by atoms with Crippen LogP contribution in [0.2, 0.25) is 0 Å². The second-order valence-corrected chi connectivity index (χ2v) is 5.37. The van der Waals surface area contributed by atoms with Gasteiger partial charge in [0.05, 0.1) is 17.8 Å². The van der Waals surface area contributed by atoms with Gasteiger partial charge < -0.3 is 9.84 Å². The standard InChI is InChI=1S/C15H24O2/c1-6-15(5,16)8-7-14-12(4)10-13(17-14)9-11(2)3/h6,9,13-14,16H,1,4,7-8,10H2,2-3,5H3/t13-,14+,15?/m1/s1. The predicted octanol–water partition coefficient (Wildman–Crippen LogP) is 3.38. The van der Waals surface area contributed by atoms with Crippen molar-refractivity contribution < 1.29 is 9.84 Å². The van der Waals surface area contributed by atoms with Crippen molar-refractivity contribution >= 4 is 0 Å². The first-order valence-corrected chi connectivity index (χ1v) is 6.18. The zero-order chi connectivity index (χ0) is 13.1. The first-order valence-electron chi connectivity index (χ1n) is 6.18. The SMILES string of the molecule is C=CC(C)(O)CC[C@@H]1O[C@H](C=C(C)C)CC1=C. The van der Waals surface area contributed by atoms with Crippen LogP contribution in [0.4, 0.5) is 0 Å². The molecule has 0 aromatic carbocycles. The normalized spacial score (nSPS) is 27.6. The lowest BCUT2D eigenvalue weighted by molar-refractivity contribution is 0.0454. The van der Waals surface area contributed by atoms with Gasteiger partial charge >= 0.3 is 0 Å². The van der Waals surface area contributed by atoms with Crippen molar-refractivity contribution in [2.24, 2.45) is 0 Å². The van der Waals surface area contributed by atoms with Crippen LogP contribution in [0.5, 0.6) is 0 Å². The molecule has 0 aromatic rings. The highest BCUT2D eigenvalue weighted by atomic mass is 16.5. The van der Waals surface area contributed by atoms with Crippen LogP contribution in [0.15, 0.2) is 36.5 Å². The van der Waals surface area contributed by atoms with Crippen LogP contribution >= 0.6 is 0 Å². The molecule has 1 aliphatic heterocycles. The number of hydrogen-bond acceptors (Lipinski definition) is 2. The second-order valence-electron chi connectivity index (χ2n) is 5.37. The molecule has 1 unspecified atom stereocenters. The van der Waals surface area contributed by atoms with Crippen molar-refractivity contribution in [1.82, 2.24) is 0 Å². The van der Waals surface area contributed by atoms with Gasteiger partial charge in [-0.2, -0.15) is 0 Å². The summed E-state index contributed by atoms with van der Waals surface area (Å²) in [5, 5.41) is 9.87. The molecule has 17 heavy (non-hydrogen) atoms. The molecule has 0 radical (unpaired) electrons. The van der Waals surface area contributed by atoms with E-state index >= 15 is 0 Å². The summed E-state index contributed by atoms with van der Waals surface area (Å²) in [4.78, 5) is 0. The molecule has 0 bridgehead atoms. The van der Waals surface area contributed by atoms with Crippen molar-refractivity contribution in [1.29, 1.82) is 0 Å². The predicted molar refractivity (Wildman–Crippen MR) is 71.9 cm³/mol. The zero-order valence-corrected chi connectivity index (χ0v) is 11.2. The fourth-order valence-electron chi connectivity index (χ4n) is 2.01. The fraction of sp³-hybridized carbons (Fsp3) is 0.600. The molecule has 0 aliphatic carbocycles. The van der Waals surface area contributed by atoms with Crippen LogP contribution in [-0.2, 0) is 4.74 Å². The smallest absolute Gasteiger partial charge is 0.0804 e. The van der Waals surface area contributed by atoms with Gasteiger partial charge in [0.25, 0.3) is 0 Å². The Morgan fingerprint density at radius 3 is 2.76 bits per heavy atom. The molecule has 1 rings (SSSR count). The lowest BCUT2D eigenvalue weighted by Crippen LogP contribution is -2.23. The summed E-state index contributed by atoms with van der Waals surface area (Å²) in [5.74, 6) is 0. The highest BCUT2D eigenvalue weighted by molar-refractivity contribution is 5.15. The van der Waals surface area contributed by atoms with Crippen molar-refractivity contribution in [2.45, 2.75) is 57.8 Å². The molecule has 1 aliphatic rings. The van der Waals surface area contributed by atoms with Gasteiger partial charge in [-0.25, -0.2) is 0 Å². The van der Waals surface area contributed by atoms with Gasteiger partial charge in [-0.3, -0.25) is 0 Å². The maximum Gasteiger partial charge on any atom is 0.0804 e. The number of allylic oxidation sites excluding steroid dienone is 1. The van der Waals surface area contributed by atoms with E-state index in [1.54, 1.807) is 13.0 Å². The van der Waals surface area contributed by atoms with Gasteiger partial charge in [0.15, 0.2) is 0 Å².